The molecule has 0 spiro atoms. The van der Waals surface area contributed by atoms with Crippen molar-refractivity contribution in [2.45, 2.75) is 45.7 Å². The van der Waals surface area contributed by atoms with Crippen LogP contribution in [0.5, 0.6) is 5.75 Å². The zero-order valence-electron chi connectivity index (χ0n) is 20.4. The molecule has 3 rings (SSSR count). The van der Waals surface area contributed by atoms with Gasteiger partial charge in [0, 0.05) is 23.1 Å². The second-order valence-electron chi connectivity index (χ2n) is 8.60. The van der Waals surface area contributed by atoms with E-state index in [1.165, 1.54) is 0 Å². The maximum absolute atomic E-state index is 13.5. The fourth-order valence-corrected chi connectivity index (χ4v) is 4.07. The Morgan fingerprint density at radius 3 is 2.29 bits per heavy atom. The second kappa shape index (κ2) is 13.9. The summed E-state index contributed by atoms with van der Waals surface area (Å²) in [6.07, 6.45) is 2.31. The van der Waals surface area contributed by atoms with Gasteiger partial charge in [0.05, 0.1) is 0 Å². The molecule has 2 amide bonds. The number of rotatable bonds is 12. The monoisotopic (exact) mass is 584 g/mol. The predicted octanol–water partition coefficient (Wildman–Crippen LogP) is 5.53. The van der Waals surface area contributed by atoms with Crippen LogP contribution in [-0.2, 0) is 22.6 Å². The molecular weight excluding hydrogens is 551 g/mol. The highest BCUT2D eigenvalue weighted by Gasteiger charge is 2.30. The van der Waals surface area contributed by atoms with E-state index in [4.69, 9.17) is 4.74 Å². The molecule has 0 radical (unpaired) electrons. The maximum Gasteiger partial charge on any atom is 0.261 e. The lowest BCUT2D eigenvalue weighted by Gasteiger charge is -2.31. The Bertz CT molecular complexity index is 1070. The average Bonchev–Trinajstić information content (AvgIpc) is 2.87. The number of hydrogen-bond donors (Lipinski definition) is 1. The van der Waals surface area contributed by atoms with Crippen molar-refractivity contribution in [1.29, 1.82) is 0 Å². The third-order valence-corrected chi connectivity index (χ3v) is 6.47. The smallest absolute Gasteiger partial charge is 0.261 e. The molecule has 0 fully saturated rings. The third-order valence-electron chi connectivity index (χ3n) is 5.75. The highest BCUT2D eigenvalue weighted by atomic mass is 127. The van der Waals surface area contributed by atoms with E-state index in [-0.39, 0.29) is 18.4 Å². The van der Waals surface area contributed by atoms with E-state index < -0.39 is 6.04 Å². The highest BCUT2D eigenvalue weighted by molar-refractivity contribution is 14.1. The second-order valence-corrected chi connectivity index (χ2v) is 9.85. The Labute approximate surface area is 222 Å². The minimum atomic E-state index is -0.650. The van der Waals surface area contributed by atoms with E-state index in [0.29, 0.717) is 25.3 Å². The van der Waals surface area contributed by atoms with Gasteiger partial charge in [-0.2, -0.15) is 0 Å². The van der Waals surface area contributed by atoms with Gasteiger partial charge in [-0.15, -0.1) is 0 Å². The Balaban J connectivity index is 1.86. The first kappa shape index (κ1) is 26.7. The largest absolute Gasteiger partial charge is 0.484 e. The zero-order valence-corrected chi connectivity index (χ0v) is 22.5. The minimum Gasteiger partial charge on any atom is -0.484 e. The van der Waals surface area contributed by atoms with E-state index >= 15 is 0 Å². The molecule has 0 aliphatic rings. The summed E-state index contributed by atoms with van der Waals surface area (Å²) in [5, 5.41) is 3.04. The van der Waals surface area contributed by atoms with Crippen molar-refractivity contribution in [2.24, 2.45) is 0 Å². The predicted molar refractivity (Wildman–Crippen MR) is 148 cm³/mol. The van der Waals surface area contributed by atoms with Gasteiger partial charge >= 0.3 is 0 Å². The van der Waals surface area contributed by atoms with Gasteiger partial charge in [0.15, 0.2) is 6.61 Å². The molecule has 1 unspecified atom stereocenters. The number of carbonyl (C=O) groups excluding carboxylic acids is 2. The molecule has 3 aromatic rings. The van der Waals surface area contributed by atoms with Crippen molar-refractivity contribution in [3.8, 4) is 5.75 Å². The summed E-state index contributed by atoms with van der Waals surface area (Å²) in [4.78, 5) is 28.6. The van der Waals surface area contributed by atoms with Crippen LogP contribution in [0.4, 0.5) is 0 Å². The van der Waals surface area contributed by atoms with Crippen molar-refractivity contribution in [3.63, 3.8) is 0 Å². The summed E-state index contributed by atoms with van der Waals surface area (Å²) in [5.74, 6) is 0.258. The van der Waals surface area contributed by atoms with Crippen LogP contribution in [0.2, 0.25) is 0 Å². The number of nitrogens with zero attached hydrogens (tertiary/aromatic N) is 1. The van der Waals surface area contributed by atoms with Gasteiger partial charge in [0.1, 0.15) is 11.8 Å². The van der Waals surface area contributed by atoms with Crippen molar-refractivity contribution < 1.29 is 14.3 Å². The molecule has 0 saturated carbocycles. The molecule has 5 nitrogen and oxygen atoms in total. The quantitative estimate of drug-likeness (QED) is 0.225. The van der Waals surface area contributed by atoms with Gasteiger partial charge in [0.2, 0.25) is 5.91 Å². The normalized spacial score (nSPS) is 11.5. The molecule has 0 aromatic heterocycles. The standard InChI is InChI=1S/C29H33IN2O3/c1-3-4-18-31-29(34)27(19-23-8-6-5-7-9-23)32(20-24-12-10-22(2)11-13-24)28(33)21-35-26-16-14-25(30)15-17-26/h5-17,27H,3-4,18-21H2,1-2H3,(H,31,34). The van der Waals surface area contributed by atoms with Gasteiger partial charge < -0.3 is 15.0 Å². The molecule has 35 heavy (non-hydrogen) atoms. The Morgan fingerprint density at radius 1 is 0.943 bits per heavy atom. The van der Waals surface area contributed by atoms with E-state index in [1.807, 2.05) is 85.8 Å². The van der Waals surface area contributed by atoms with Crippen LogP contribution >= 0.6 is 22.6 Å². The summed E-state index contributed by atoms with van der Waals surface area (Å²) in [6, 6.07) is 24.8. The summed E-state index contributed by atoms with van der Waals surface area (Å²) >= 11 is 2.23. The Kier molecular flexibility index (Phi) is 10.6. The van der Waals surface area contributed by atoms with Gasteiger partial charge in [-0.05, 0) is 71.3 Å². The van der Waals surface area contributed by atoms with E-state index in [1.54, 1.807) is 4.90 Å². The van der Waals surface area contributed by atoms with Crippen LogP contribution in [0.15, 0.2) is 78.9 Å². The van der Waals surface area contributed by atoms with Gasteiger partial charge in [-0.3, -0.25) is 9.59 Å². The van der Waals surface area contributed by atoms with Crippen LogP contribution in [0.3, 0.4) is 0 Å². The molecule has 0 saturated heterocycles. The van der Waals surface area contributed by atoms with E-state index in [2.05, 4.69) is 34.8 Å². The molecule has 184 valence electrons. The zero-order chi connectivity index (χ0) is 25.0. The number of nitrogens with one attached hydrogen (secondary N) is 1. The summed E-state index contributed by atoms with van der Waals surface area (Å²) in [6.45, 7) is 4.89. The lowest BCUT2D eigenvalue weighted by atomic mass is 10.0. The number of benzene rings is 3. The molecule has 0 bridgehead atoms. The van der Waals surface area contributed by atoms with Crippen molar-refractivity contribution >= 4 is 34.4 Å². The molecule has 6 heteroatoms. The van der Waals surface area contributed by atoms with Crippen molar-refractivity contribution in [2.75, 3.05) is 13.2 Å². The van der Waals surface area contributed by atoms with Crippen LogP contribution in [0, 0.1) is 10.5 Å². The van der Waals surface area contributed by atoms with Gasteiger partial charge in [-0.1, -0.05) is 73.5 Å². The first-order valence-corrected chi connectivity index (χ1v) is 13.1. The number of halogens is 1. The molecule has 0 aliphatic carbocycles. The maximum atomic E-state index is 13.5. The summed E-state index contributed by atoms with van der Waals surface area (Å²) in [5.41, 5.74) is 3.12. The number of carbonyl (C=O) groups is 2. The first-order valence-electron chi connectivity index (χ1n) is 12.0. The lowest BCUT2D eigenvalue weighted by molar-refractivity contribution is -0.142. The number of ether oxygens (including phenoxy) is 1. The minimum absolute atomic E-state index is 0.139. The van der Waals surface area contributed by atoms with Crippen LogP contribution in [0.25, 0.3) is 0 Å². The molecular formula is C29H33IN2O3. The number of hydrogen-bond acceptors (Lipinski definition) is 3. The summed E-state index contributed by atoms with van der Waals surface area (Å²) in [7, 11) is 0. The fraction of sp³-hybridized carbons (Fsp3) is 0.310. The topological polar surface area (TPSA) is 58.6 Å². The number of aryl methyl sites for hydroxylation is 1. The molecule has 0 aliphatic heterocycles. The first-order chi connectivity index (χ1) is 17.0. The van der Waals surface area contributed by atoms with Gasteiger partial charge in [0.25, 0.3) is 5.91 Å². The molecule has 1 atom stereocenters. The molecule has 0 heterocycles. The van der Waals surface area contributed by atoms with Crippen molar-refractivity contribution in [3.05, 3.63) is 99.1 Å². The molecule has 3 aromatic carbocycles. The van der Waals surface area contributed by atoms with E-state index in [9.17, 15) is 9.59 Å². The number of unbranched alkanes of at least 4 members (excludes halogenated alkanes) is 1. The van der Waals surface area contributed by atoms with Crippen LogP contribution in [0.1, 0.15) is 36.5 Å². The van der Waals surface area contributed by atoms with Crippen LogP contribution < -0.4 is 10.1 Å². The highest BCUT2D eigenvalue weighted by Crippen LogP contribution is 2.17. The average molecular weight is 584 g/mol. The van der Waals surface area contributed by atoms with Crippen molar-refractivity contribution in [1.82, 2.24) is 10.2 Å². The lowest BCUT2D eigenvalue weighted by Crippen LogP contribution is -2.51. The van der Waals surface area contributed by atoms with Crippen LogP contribution in [-0.4, -0.2) is 35.9 Å². The Morgan fingerprint density at radius 2 is 1.63 bits per heavy atom. The van der Waals surface area contributed by atoms with E-state index in [0.717, 1.165) is 33.1 Å². The molecule has 1 N–H and O–H groups in total. The SMILES string of the molecule is CCCCNC(=O)C(Cc1ccccc1)N(Cc1ccc(C)cc1)C(=O)COc1ccc(I)cc1. The summed E-state index contributed by atoms with van der Waals surface area (Å²) < 4.78 is 6.90. The third kappa shape index (κ3) is 8.69. The Hall–Kier alpha value is -2.87. The number of amides is 2. The van der Waals surface area contributed by atoms with Gasteiger partial charge in [-0.25, -0.2) is 0 Å². The fourth-order valence-electron chi connectivity index (χ4n) is 3.71.